The number of alkyl halides is 3. The summed E-state index contributed by atoms with van der Waals surface area (Å²) >= 11 is 5.80. The quantitative estimate of drug-likeness (QED) is 0.505. The molecule has 0 fully saturated rings. The molecule has 8 nitrogen and oxygen atoms in total. The zero-order valence-electron chi connectivity index (χ0n) is 15.3. The molecule has 2 heterocycles. The van der Waals surface area contributed by atoms with Gasteiger partial charge in [0.2, 0.25) is 5.41 Å². The number of aromatic nitrogens is 1. The van der Waals surface area contributed by atoms with Gasteiger partial charge < -0.3 is 10.2 Å². The molecule has 2 amide bonds. The van der Waals surface area contributed by atoms with E-state index in [2.05, 4.69) is 4.98 Å². The maximum atomic E-state index is 12.9. The monoisotopic (exact) mass is 456 g/mol. The number of carbonyl (C=O) groups is 4. The van der Waals surface area contributed by atoms with Crippen LogP contribution in [0.3, 0.4) is 0 Å². The molecule has 2 aromatic rings. The fraction of sp³-hybridized carbons (Fsp3) is 0.211. The standard InChI is InChI=1S/C19H12ClF3N2O6/c20-12-7-9(19(21,22)23)8-24-13(12)18(16(28)29,17(30)31)5-6-25-14(26)10-3-1-2-4-11(10)15(25)27/h1-4,7-8H,5-6H2,(H,28,29)(H,30,31). The van der Waals surface area contributed by atoms with Gasteiger partial charge in [0.15, 0.2) is 0 Å². The van der Waals surface area contributed by atoms with Crippen molar-refractivity contribution in [3.8, 4) is 0 Å². The fourth-order valence-electron chi connectivity index (χ4n) is 3.26. The van der Waals surface area contributed by atoms with Crippen molar-refractivity contribution in [1.29, 1.82) is 0 Å². The van der Waals surface area contributed by atoms with Gasteiger partial charge in [0, 0.05) is 12.7 Å². The fourth-order valence-corrected chi connectivity index (χ4v) is 3.58. The van der Waals surface area contributed by atoms with Crippen molar-refractivity contribution in [2.75, 3.05) is 6.54 Å². The second kappa shape index (κ2) is 7.65. The molecule has 0 bridgehead atoms. The Labute approximate surface area is 176 Å². The van der Waals surface area contributed by atoms with E-state index >= 15 is 0 Å². The van der Waals surface area contributed by atoms with Crippen LogP contribution in [0.1, 0.15) is 38.4 Å². The second-order valence-electron chi connectivity index (χ2n) is 6.63. The normalized spacial score (nSPS) is 14.0. The Kier molecular flexibility index (Phi) is 5.49. The highest BCUT2D eigenvalue weighted by atomic mass is 35.5. The number of benzene rings is 1. The summed E-state index contributed by atoms with van der Waals surface area (Å²) in [4.78, 5) is 53.0. The molecule has 1 aliphatic rings. The summed E-state index contributed by atoms with van der Waals surface area (Å²) in [6, 6.07) is 6.15. The summed E-state index contributed by atoms with van der Waals surface area (Å²) in [5.74, 6) is -5.44. The lowest BCUT2D eigenvalue weighted by molar-refractivity contribution is -0.158. The molecule has 162 valence electrons. The molecular formula is C19H12ClF3N2O6. The molecule has 1 aliphatic heterocycles. The molecule has 0 unspecified atom stereocenters. The Bertz CT molecular complexity index is 1070. The lowest BCUT2D eigenvalue weighted by Gasteiger charge is -2.27. The number of carboxylic acid groups (broad SMARTS) is 2. The van der Waals surface area contributed by atoms with Crippen LogP contribution in [0.2, 0.25) is 5.02 Å². The molecule has 2 N–H and O–H groups in total. The van der Waals surface area contributed by atoms with Crippen molar-refractivity contribution < 1.29 is 42.6 Å². The van der Waals surface area contributed by atoms with E-state index in [1.165, 1.54) is 24.3 Å². The Morgan fingerprint density at radius 2 is 1.55 bits per heavy atom. The first-order valence-corrected chi connectivity index (χ1v) is 8.94. The average molecular weight is 457 g/mol. The van der Waals surface area contributed by atoms with Crippen LogP contribution < -0.4 is 0 Å². The number of halogens is 4. The first-order chi connectivity index (χ1) is 14.4. The highest BCUT2D eigenvalue weighted by Crippen LogP contribution is 2.37. The number of carboxylic acids is 2. The van der Waals surface area contributed by atoms with Crippen LogP contribution in [0, 0.1) is 0 Å². The maximum Gasteiger partial charge on any atom is 0.417 e. The third kappa shape index (κ3) is 3.61. The van der Waals surface area contributed by atoms with Gasteiger partial charge in [0.05, 0.1) is 27.4 Å². The number of carbonyl (C=O) groups excluding carboxylic acids is 2. The van der Waals surface area contributed by atoms with Crippen LogP contribution in [-0.2, 0) is 21.2 Å². The molecule has 0 atom stereocenters. The highest BCUT2D eigenvalue weighted by Gasteiger charge is 2.52. The van der Waals surface area contributed by atoms with E-state index in [1.807, 2.05) is 0 Å². The van der Waals surface area contributed by atoms with Crippen LogP contribution in [-0.4, -0.2) is 50.4 Å². The van der Waals surface area contributed by atoms with Gasteiger partial charge in [-0.05, 0) is 24.6 Å². The van der Waals surface area contributed by atoms with Crippen LogP contribution in [0.4, 0.5) is 13.2 Å². The number of hydrogen-bond acceptors (Lipinski definition) is 5. The third-order valence-electron chi connectivity index (χ3n) is 4.89. The maximum absolute atomic E-state index is 12.9. The molecule has 0 aliphatic carbocycles. The first kappa shape index (κ1) is 22.2. The molecule has 0 spiro atoms. The number of hydrogen-bond donors (Lipinski definition) is 2. The summed E-state index contributed by atoms with van der Waals surface area (Å²) in [6.07, 6.45) is -5.45. The average Bonchev–Trinajstić information content (AvgIpc) is 2.93. The zero-order valence-corrected chi connectivity index (χ0v) is 16.1. The van der Waals surface area contributed by atoms with Crippen molar-refractivity contribution in [3.05, 3.63) is 63.9 Å². The largest absolute Gasteiger partial charge is 0.480 e. The van der Waals surface area contributed by atoms with Crippen LogP contribution >= 0.6 is 11.6 Å². The van der Waals surface area contributed by atoms with Gasteiger partial charge in [-0.15, -0.1) is 0 Å². The van der Waals surface area contributed by atoms with E-state index in [1.54, 1.807) is 0 Å². The highest BCUT2D eigenvalue weighted by molar-refractivity contribution is 6.32. The van der Waals surface area contributed by atoms with Crippen LogP contribution in [0.25, 0.3) is 0 Å². The minimum absolute atomic E-state index is 0.0643. The Morgan fingerprint density at radius 3 is 1.97 bits per heavy atom. The molecule has 0 saturated heterocycles. The Morgan fingerprint density at radius 1 is 1.03 bits per heavy atom. The summed E-state index contributed by atoms with van der Waals surface area (Å²) < 4.78 is 38.6. The second-order valence-corrected chi connectivity index (χ2v) is 7.03. The SMILES string of the molecule is O=C1c2ccccc2C(=O)N1CCC(C(=O)O)(C(=O)O)c1ncc(C(F)(F)F)cc1Cl. The van der Waals surface area contributed by atoms with Gasteiger partial charge in [-0.25, -0.2) is 0 Å². The van der Waals surface area contributed by atoms with Gasteiger partial charge in [0.1, 0.15) is 0 Å². The van der Waals surface area contributed by atoms with Crippen molar-refractivity contribution in [3.63, 3.8) is 0 Å². The third-order valence-corrected chi connectivity index (χ3v) is 5.18. The Hall–Kier alpha value is -3.47. The molecule has 0 radical (unpaired) electrons. The smallest absolute Gasteiger partial charge is 0.417 e. The van der Waals surface area contributed by atoms with E-state index in [-0.39, 0.29) is 17.3 Å². The minimum Gasteiger partial charge on any atom is -0.480 e. The summed E-state index contributed by atoms with van der Waals surface area (Å²) in [5.41, 5.74) is -4.93. The number of imide groups is 1. The van der Waals surface area contributed by atoms with Crippen molar-refractivity contribution in [1.82, 2.24) is 9.88 Å². The van der Waals surface area contributed by atoms with Gasteiger partial charge in [0.25, 0.3) is 11.8 Å². The molecule has 1 aromatic heterocycles. The van der Waals surface area contributed by atoms with Gasteiger partial charge in [-0.2, -0.15) is 13.2 Å². The predicted molar refractivity (Wildman–Crippen MR) is 97.6 cm³/mol. The summed E-state index contributed by atoms with van der Waals surface area (Å²) in [5, 5.41) is 18.5. The van der Waals surface area contributed by atoms with Gasteiger partial charge in [-0.1, -0.05) is 23.7 Å². The van der Waals surface area contributed by atoms with E-state index in [0.717, 1.165) is 0 Å². The number of amides is 2. The molecular weight excluding hydrogens is 445 g/mol. The molecule has 12 heteroatoms. The molecule has 0 saturated carbocycles. The number of pyridine rings is 1. The number of aliphatic carboxylic acids is 2. The first-order valence-electron chi connectivity index (χ1n) is 8.56. The molecule has 3 rings (SSSR count). The van der Waals surface area contributed by atoms with Crippen LogP contribution in [0.15, 0.2) is 36.5 Å². The van der Waals surface area contributed by atoms with Crippen LogP contribution in [0.5, 0.6) is 0 Å². The molecule has 1 aromatic carbocycles. The van der Waals surface area contributed by atoms with Crippen molar-refractivity contribution in [2.45, 2.75) is 18.0 Å². The lowest BCUT2D eigenvalue weighted by Crippen LogP contribution is -2.48. The summed E-state index contributed by atoms with van der Waals surface area (Å²) in [7, 11) is 0. The lowest BCUT2D eigenvalue weighted by atomic mass is 9.80. The van der Waals surface area contributed by atoms with E-state index < -0.39 is 64.6 Å². The molecule has 31 heavy (non-hydrogen) atoms. The number of nitrogens with zero attached hydrogens (tertiary/aromatic N) is 2. The van der Waals surface area contributed by atoms with Crippen molar-refractivity contribution >= 4 is 35.4 Å². The van der Waals surface area contributed by atoms with E-state index in [4.69, 9.17) is 11.6 Å². The Balaban J connectivity index is 2.00. The topological polar surface area (TPSA) is 125 Å². The summed E-state index contributed by atoms with van der Waals surface area (Å²) in [6.45, 7) is -0.649. The van der Waals surface area contributed by atoms with E-state index in [0.29, 0.717) is 11.0 Å². The zero-order chi connectivity index (χ0) is 23.1. The number of rotatable bonds is 6. The predicted octanol–water partition coefficient (Wildman–Crippen LogP) is 2.85. The van der Waals surface area contributed by atoms with Crippen molar-refractivity contribution in [2.24, 2.45) is 0 Å². The van der Waals surface area contributed by atoms with E-state index in [9.17, 15) is 42.6 Å². The number of fused-ring (bicyclic) bond motifs is 1. The minimum atomic E-state index is -4.84. The van der Waals surface area contributed by atoms with Gasteiger partial charge in [-0.3, -0.25) is 29.1 Å². The van der Waals surface area contributed by atoms with Gasteiger partial charge >= 0.3 is 18.1 Å².